The van der Waals surface area contributed by atoms with Gasteiger partial charge in [-0.25, -0.2) is 0 Å². The highest BCUT2D eigenvalue weighted by molar-refractivity contribution is 5.92. The first-order chi connectivity index (χ1) is 8.52. The number of amides is 1. The largest absolute Gasteiger partial charge is 0.389 e. The Bertz CT molecular complexity index is 396. The second-order valence-electron chi connectivity index (χ2n) is 4.37. The van der Waals surface area contributed by atoms with Gasteiger partial charge in [0.2, 0.25) is 5.91 Å². The van der Waals surface area contributed by atoms with Gasteiger partial charge in [-0.2, -0.15) is 0 Å². The van der Waals surface area contributed by atoms with E-state index in [1.54, 1.807) is 25.3 Å². The Morgan fingerprint density at radius 3 is 2.89 bits per heavy atom. The molecule has 1 unspecified atom stereocenters. The Morgan fingerprint density at radius 1 is 1.56 bits per heavy atom. The lowest BCUT2D eigenvalue weighted by Gasteiger charge is -2.20. The van der Waals surface area contributed by atoms with Gasteiger partial charge in [-0.15, -0.1) is 0 Å². The molecule has 1 aromatic rings. The molecule has 1 amide bonds. The summed E-state index contributed by atoms with van der Waals surface area (Å²) in [6.45, 7) is 1.46. The van der Waals surface area contributed by atoms with Crippen molar-refractivity contribution in [1.29, 1.82) is 0 Å². The minimum atomic E-state index is -0.515. The molecule has 1 atom stereocenters. The number of carbonyl (C=O) groups excluding carboxylic acids is 1. The highest BCUT2D eigenvalue weighted by atomic mass is 16.5. The Kier molecular flexibility index (Phi) is 5.77. The van der Waals surface area contributed by atoms with E-state index in [0.717, 1.165) is 5.56 Å². The number of aliphatic hydroxyl groups is 1. The zero-order valence-corrected chi connectivity index (χ0v) is 10.8. The minimum Gasteiger partial charge on any atom is -0.389 e. The van der Waals surface area contributed by atoms with Crippen LogP contribution in [0, 0.1) is 0 Å². The van der Waals surface area contributed by atoms with Gasteiger partial charge in [-0.3, -0.25) is 9.69 Å². The molecule has 0 radical (unpaired) electrons. The second-order valence-corrected chi connectivity index (χ2v) is 4.37. The summed E-state index contributed by atoms with van der Waals surface area (Å²) < 4.78 is 4.87. The van der Waals surface area contributed by atoms with Gasteiger partial charge < -0.3 is 15.6 Å². The zero-order chi connectivity index (χ0) is 13.5. The molecule has 5 heteroatoms. The minimum absolute atomic E-state index is 0.311. The number of rotatable bonds is 7. The van der Waals surface area contributed by atoms with Crippen molar-refractivity contribution in [1.82, 2.24) is 4.90 Å². The number of nitrogens with two attached hydrogens (primary N) is 1. The summed E-state index contributed by atoms with van der Waals surface area (Å²) >= 11 is 0. The van der Waals surface area contributed by atoms with Gasteiger partial charge in [-0.05, 0) is 24.7 Å². The molecule has 0 aliphatic carbocycles. The number of aliphatic hydroxyl groups excluding tert-OH is 1. The molecule has 0 aromatic heterocycles. The van der Waals surface area contributed by atoms with Gasteiger partial charge >= 0.3 is 0 Å². The van der Waals surface area contributed by atoms with Gasteiger partial charge in [0.15, 0.2) is 0 Å². The summed E-state index contributed by atoms with van der Waals surface area (Å²) in [5.41, 5.74) is 6.71. The van der Waals surface area contributed by atoms with Crippen LogP contribution in [0.2, 0.25) is 0 Å². The van der Waals surface area contributed by atoms with Crippen LogP contribution in [-0.4, -0.2) is 49.3 Å². The fourth-order valence-corrected chi connectivity index (χ4v) is 1.80. The summed E-state index contributed by atoms with van der Waals surface area (Å²) in [4.78, 5) is 13.0. The maximum atomic E-state index is 11.1. The van der Waals surface area contributed by atoms with Gasteiger partial charge in [-0.1, -0.05) is 12.1 Å². The van der Waals surface area contributed by atoms with E-state index in [1.807, 2.05) is 18.0 Å². The first-order valence-corrected chi connectivity index (χ1v) is 5.77. The Balaban J connectivity index is 2.56. The van der Waals surface area contributed by atoms with Crippen LogP contribution in [0.4, 0.5) is 0 Å². The average Bonchev–Trinajstić information content (AvgIpc) is 2.29. The number of primary amides is 1. The lowest BCUT2D eigenvalue weighted by Crippen LogP contribution is -2.31. The van der Waals surface area contributed by atoms with Crippen LogP contribution in [0.15, 0.2) is 24.3 Å². The van der Waals surface area contributed by atoms with Crippen molar-refractivity contribution in [2.45, 2.75) is 12.6 Å². The van der Waals surface area contributed by atoms with E-state index < -0.39 is 12.0 Å². The smallest absolute Gasteiger partial charge is 0.248 e. The Hall–Kier alpha value is -1.43. The number of likely N-dealkylation sites (N-methyl/N-ethyl adjacent to an activating group) is 1. The quantitative estimate of drug-likeness (QED) is 0.728. The average molecular weight is 252 g/mol. The highest BCUT2D eigenvalue weighted by Crippen LogP contribution is 2.07. The van der Waals surface area contributed by atoms with E-state index in [2.05, 4.69) is 0 Å². The molecule has 0 aliphatic heterocycles. The van der Waals surface area contributed by atoms with Gasteiger partial charge in [0.1, 0.15) is 0 Å². The molecule has 0 fully saturated rings. The van der Waals surface area contributed by atoms with Crippen LogP contribution in [0.5, 0.6) is 0 Å². The molecule has 0 heterocycles. The highest BCUT2D eigenvalue weighted by Gasteiger charge is 2.09. The van der Waals surface area contributed by atoms with Crippen LogP contribution in [0.25, 0.3) is 0 Å². The van der Waals surface area contributed by atoms with E-state index in [0.29, 0.717) is 25.3 Å². The summed E-state index contributed by atoms with van der Waals surface area (Å²) in [5.74, 6) is -0.432. The molecular formula is C13H20N2O3. The molecule has 0 saturated carbocycles. The monoisotopic (exact) mass is 252 g/mol. The Morgan fingerprint density at radius 2 is 2.28 bits per heavy atom. The lowest BCUT2D eigenvalue weighted by atomic mass is 10.1. The molecule has 18 heavy (non-hydrogen) atoms. The van der Waals surface area contributed by atoms with Gasteiger partial charge in [0.05, 0.1) is 12.7 Å². The van der Waals surface area contributed by atoms with Crippen molar-refractivity contribution in [3.05, 3.63) is 35.4 Å². The number of nitrogens with zero attached hydrogens (tertiary/aromatic N) is 1. The number of carbonyl (C=O) groups is 1. The zero-order valence-electron chi connectivity index (χ0n) is 10.8. The standard InChI is InChI=1S/C13H20N2O3/c1-15(8-12(16)9-18-2)7-10-4-3-5-11(6-10)13(14)17/h3-6,12,16H,7-9H2,1-2H3,(H2,14,17). The molecule has 100 valence electrons. The van der Waals surface area contributed by atoms with Crippen LogP contribution in [0.3, 0.4) is 0 Å². The third-order valence-corrected chi connectivity index (χ3v) is 2.55. The van der Waals surface area contributed by atoms with Crippen molar-refractivity contribution in [2.75, 3.05) is 27.3 Å². The van der Waals surface area contributed by atoms with E-state index in [1.165, 1.54) is 0 Å². The molecule has 1 aromatic carbocycles. The first kappa shape index (κ1) is 14.6. The molecule has 0 saturated heterocycles. The SMILES string of the molecule is COCC(O)CN(C)Cc1cccc(C(N)=O)c1. The van der Waals surface area contributed by atoms with Crippen molar-refractivity contribution >= 4 is 5.91 Å². The topological polar surface area (TPSA) is 75.8 Å². The molecule has 0 bridgehead atoms. The van der Waals surface area contributed by atoms with Crippen LogP contribution >= 0.6 is 0 Å². The van der Waals surface area contributed by atoms with Crippen molar-refractivity contribution < 1.29 is 14.6 Å². The predicted octanol–water partition coefficient (Wildman–Crippen LogP) is 0.225. The van der Waals surface area contributed by atoms with E-state index in [9.17, 15) is 9.90 Å². The summed E-state index contributed by atoms with van der Waals surface area (Å²) in [5, 5.41) is 9.60. The fourth-order valence-electron chi connectivity index (χ4n) is 1.80. The molecule has 3 N–H and O–H groups in total. The molecule has 1 rings (SSSR count). The number of hydrogen-bond donors (Lipinski definition) is 2. The van der Waals surface area contributed by atoms with E-state index in [-0.39, 0.29) is 0 Å². The van der Waals surface area contributed by atoms with Gasteiger partial charge in [0.25, 0.3) is 0 Å². The van der Waals surface area contributed by atoms with E-state index >= 15 is 0 Å². The van der Waals surface area contributed by atoms with E-state index in [4.69, 9.17) is 10.5 Å². The van der Waals surface area contributed by atoms with Crippen LogP contribution in [0.1, 0.15) is 15.9 Å². The van der Waals surface area contributed by atoms with Gasteiger partial charge in [0, 0.05) is 25.8 Å². The molecular weight excluding hydrogens is 232 g/mol. The molecule has 0 aliphatic rings. The van der Waals surface area contributed by atoms with Crippen LogP contribution < -0.4 is 5.73 Å². The second kappa shape index (κ2) is 7.10. The van der Waals surface area contributed by atoms with Crippen LogP contribution in [-0.2, 0) is 11.3 Å². The fraction of sp³-hybridized carbons (Fsp3) is 0.462. The Labute approximate surface area is 107 Å². The number of hydrogen-bond acceptors (Lipinski definition) is 4. The van der Waals surface area contributed by atoms with Crippen molar-refractivity contribution in [3.8, 4) is 0 Å². The predicted molar refractivity (Wildman–Crippen MR) is 69.2 cm³/mol. The summed E-state index contributed by atoms with van der Waals surface area (Å²) in [7, 11) is 3.45. The summed E-state index contributed by atoms with van der Waals surface area (Å²) in [6, 6.07) is 7.17. The third-order valence-electron chi connectivity index (χ3n) is 2.55. The molecule has 5 nitrogen and oxygen atoms in total. The molecule has 0 spiro atoms. The maximum Gasteiger partial charge on any atom is 0.248 e. The third kappa shape index (κ3) is 4.83. The normalized spacial score (nSPS) is 12.7. The lowest BCUT2D eigenvalue weighted by molar-refractivity contribution is 0.0419. The maximum absolute atomic E-state index is 11.1. The number of benzene rings is 1. The number of methoxy groups -OCH3 is 1. The number of ether oxygens (including phenoxy) is 1. The van der Waals surface area contributed by atoms with Crippen molar-refractivity contribution in [3.63, 3.8) is 0 Å². The summed E-state index contributed by atoms with van der Waals surface area (Å²) in [6.07, 6.45) is -0.515. The first-order valence-electron chi connectivity index (χ1n) is 5.77. The van der Waals surface area contributed by atoms with Crippen molar-refractivity contribution in [2.24, 2.45) is 5.73 Å².